The first-order valence-corrected chi connectivity index (χ1v) is 8.68. The fourth-order valence-corrected chi connectivity index (χ4v) is 3.10. The van der Waals surface area contributed by atoms with Crippen LogP contribution in [0.3, 0.4) is 0 Å². The quantitative estimate of drug-likeness (QED) is 0.581. The zero-order chi connectivity index (χ0) is 19.8. The Balaban J connectivity index is 2.18. The fraction of sp³-hybridized carbons (Fsp3) is 0.211. The van der Waals surface area contributed by atoms with Crippen molar-refractivity contribution in [2.45, 2.75) is 19.2 Å². The summed E-state index contributed by atoms with van der Waals surface area (Å²) in [5, 5.41) is 0.764. The lowest BCUT2D eigenvalue weighted by atomic mass is 9.96. The molecular formula is C19H13Cl2F3O3. The standard InChI is InChI=1S/C19H13Cl2F3O3/c1-2-26-18(25)15-8-11-7-13(21)9-14(10-3-5-12(20)6-4-10)16(11)27-17(15)19(22,23)24/h3-9,17H,2H2,1H3. The lowest BCUT2D eigenvalue weighted by Gasteiger charge is -2.29. The van der Waals surface area contributed by atoms with Crippen molar-refractivity contribution in [2.24, 2.45) is 0 Å². The summed E-state index contributed by atoms with van der Waals surface area (Å²) in [7, 11) is 0. The lowest BCUT2D eigenvalue weighted by molar-refractivity contribution is -0.187. The van der Waals surface area contributed by atoms with Gasteiger partial charge < -0.3 is 9.47 Å². The molecule has 0 saturated heterocycles. The molecule has 0 fully saturated rings. The van der Waals surface area contributed by atoms with Gasteiger partial charge in [0.15, 0.2) is 0 Å². The molecule has 1 heterocycles. The molecule has 2 aromatic rings. The number of halogens is 5. The van der Waals surface area contributed by atoms with Gasteiger partial charge in [0.2, 0.25) is 6.10 Å². The topological polar surface area (TPSA) is 35.5 Å². The minimum atomic E-state index is -4.80. The van der Waals surface area contributed by atoms with Crippen LogP contribution in [0.25, 0.3) is 17.2 Å². The van der Waals surface area contributed by atoms with E-state index in [1.54, 1.807) is 24.3 Å². The molecule has 0 radical (unpaired) electrons. The highest BCUT2D eigenvalue weighted by atomic mass is 35.5. The third-order valence-electron chi connectivity index (χ3n) is 3.88. The van der Waals surface area contributed by atoms with Gasteiger partial charge in [-0.1, -0.05) is 35.3 Å². The molecule has 1 unspecified atom stereocenters. The second-order valence-electron chi connectivity index (χ2n) is 5.74. The van der Waals surface area contributed by atoms with Gasteiger partial charge in [-0.3, -0.25) is 0 Å². The molecule has 1 atom stereocenters. The maximum Gasteiger partial charge on any atom is 0.430 e. The van der Waals surface area contributed by atoms with Crippen LogP contribution < -0.4 is 4.74 Å². The average molecular weight is 417 g/mol. The number of alkyl halides is 3. The Morgan fingerprint density at radius 1 is 1.15 bits per heavy atom. The van der Waals surface area contributed by atoms with E-state index in [1.807, 2.05) is 0 Å². The third-order valence-corrected chi connectivity index (χ3v) is 4.35. The molecule has 27 heavy (non-hydrogen) atoms. The Kier molecular flexibility index (Phi) is 5.40. The first-order valence-electron chi connectivity index (χ1n) is 7.92. The minimum absolute atomic E-state index is 0.0166. The first kappa shape index (κ1) is 19.6. The van der Waals surface area contributed by atoms with Crippen LogP contribution in [0.4, 0.5) is 13.2 Å². The van der Waals surface area contributed by atoms with Crippen LogP contribution in [0.15, 0.2) is 42.0 Å². The molecule has 0 aliphatic carbocycles. The second-order valence-corrected chi connectivity index (χ2v) is 6.61. The van der Waals surface area contributed by atoms with Gasteiger partial charge in [0.1, 0.15) is 5.75 Å². The zero-order valence-electron chi connectivity index (χ0n) is 13.9. The van der Waals surface area contributed by atoms with E-state index in [4.69, 9.17) is 32.7 Å². The van der Waals surface area contributed by atoms with Crippen molar-refractivity contribution in [3.8, 4) is 16.9 Å². The molecule has 0 N–H and O–H groups in total. The molecule has 3 rings (SSSR count). The van der Waals surface area contributed by atoms with Gasteiger partial charge >= 0.3 is 12.1 Å². The first-order chi connectivity index (χ1) is 12.7. The van der Waals surface area contributed by atoms with Crippen LogP contribution >= 0.6 is 23.2 Å². The number of esters is 1. The maximum atomic E-state index is 13.5. The van der Waals surface area contributed by atoms with E-state index in [9.17, 15) is 18.0 Å². The zero-order valence-corrected chi connectivity index (χ0v) is 15.5. The highest BCUT2D eigenvalue weighted by Gasteiger charge is 2.49. The van der Waals surface area contributed by atoms with E-state index >= 15 is 0 Å². The van der Waals surface area contributed by atoms with Crippen molar-refractivity contribution in [3.05, 3.63) is 57.6 Å². The van der Waals surface area contributed by atoms with E-state index in [0.717, 1.165) is 6.08 Å². The number of hydrogen-bond donors (Lipinski definition) is 0. The summed E-state index contributed by atoms with van der Waals surface area (Å²) in [6.07, 6.45) is -6.12. The van der Waals surface area contributed by atoms with Crippen molar-refractivity contribution in [2.75, 3.05) is 6.61 Å². The summed E-state index contributed by atoms with van der Waals surface area (Å²) >= 11 is 12.0. The molecule has 0 amide bonds. The number of benzene rings is 2. The summed E-state index contributed by atoms with van der Waals surface area (Å²) in [6.45, 7) is 1.45. The Morgan fingerprint density at radius 2 is 1.81 bits per heavy atom. The van der Waals surface area contributed by atoms with Crippen molar-refractivity contribution < 1.29 is 27.4 Å². The van der Waals surface area contributed by atoms with Gasteiger partial charge in [-0.2, -0.15) is 13.2 Å². The number of rotatable bonds is 3. The molecular weight excluding hydrogens is 404 g/mol. The number of hydrogen-bond acceptors (Lipinski definition) is 3. The summed E-state index contributed by atoms with van der Waals surface area (Å²) < 4.78 is 50.6. The summed E-state index contributed by atoms with van der Waals surface area (Å²) in [6, 6.07) is 9.43. The molecule has 0 spiro atoms. The number of carbonyl (C=O) groups is 1. The Bertz CT molecular complexity index is 906. The maximum absolute atomic E-state index is 13.5. The highest BCUT2D eigenvalue weighted by Crippen LogP contribution is 2.44. The predicted molar refractivity (Wildman–Crippen MR) is 97.0 cm³/mol. The van der Waals surface area contributed by atoms with E-state index in [2.05, 4.69) is 0 Å². The number of fused-ring (bicyclic) bond motifs is 1. The van der Waals surface area contributed by atoms with Crippen LogP contribution in [0.1, 0.15) is 12.5 Å². The summed E-state index contributed by atoms with van der Waals surface area (Å²) in [5.74, 6) is -1.10. The predicted octanol–water partition coefficient (Wildman–Crippen LogP) is 5.93. The molecule has 1 aliphatic heterocycles. The largest absolute Gasteiger partial charge is 0.475 e. The molecule has 142 valence electrons. The lowest BCUT2D eigenvalue weighted by Crippen LogP contribution is -2.41. The Hall–Kier alpha value is -2.18. The van der Waals surface area contributed by atoms with Crippen molar-refractivity contribution in [3.63, 3.8) is 0 Å². The van der Waals surface area contributed by atoms with Crippen molar-refractivity contribution in [1.29, 1.82) is 0 Å². The van der Waals surface area contributed by atoms with Crippen LogP contribution in [0, 0.1) is 0 Å². The summed E-state index contributed by atoms with van der Waals surface area (Å²) in [5.41, 5.74) is 0.576. The monoisotopic (exact) mass is 416 g/mol. The Morgan fingerprint density at radius 3 is 2.41 bits per heavy atom. The molecule has 0 saturated carbocycles. The molecule has 0 bridgehead atoms. The molecule has 3 nitrogen and oxygen atoms in total. The molecule has 1 aliphatic rings. The van der Waals surface area contributed by atoms with Gasteiger partial charge in [-0.25, -0.2) is 4.79 Å². The van der Waals surface area contributed by atoms with Crippen molar-refractivity contribution in [1.82, 2.24) is 0 Å². The summed E-state index contributed by atoms with van der Waals surface area (Å²) in [4.78, 5) is 12.0. The molecule has 0 aromatic heterocycles. The van der Waals surface area contributed by atoms with Crippen LogP contribution in [-0.4, -0.2) is 24.9 Å². The van der Waals surface area contributed by atoms with Crippen LogP contribution in [-0.2, 0) is 9.53 Å². The second kappa shape index (κ2) is 7.44. The SMILES string of the molecule is CCOC(=O)C1=Cc2cc(Cl)cc(-c3ccc(Cl)cc3)c2OC1C(F)(F)F. The average Bonchev–Trinajstić information content (AvgIpc) is 2.60. The van der Waals surface area contributed by atoms with Crippen molar-refractivity contribution >= 4 is 35.2 Å². The molecule has 8 heteroatoms. The number of ether oxygens (including phenoxy) is 2. The van der Waals surface area contributed by atoms with Crippen LogP contribution in [0.2, 0.25) is 10.0 Å². The Labute approximate surface area is 163 Å². The highest BCUT2D eigenvalue weighted by molar-refractivity contribution is 6.31. The van der Waals surface area contributed by atoms with Gasteiger partial charge in [0, 0.05) is 21.2 Å². The van der Waals surface area contributed by atoms with E-state index in [1.165, 1.54) is 19.1 Å². The smallest absolute Gasteiger partial charge is 0.430 e. The van der Waals surface area contributed by atoms with Crippen LogP contribution in [0.5, 0.6) is 5.75 Å². The van der Waals surface area contributed by atoms with Gasteiger partial charge in [-0.15, -0.1) is 0 Å². The molecule has 2 aromatic carbocycles. The van der Waals surface area contributed by atoms with Gasteiger partial charge in [0.05, 0.1) is 12.2 Å². The van der Waals surface area contributed by atoms with E-state index in [0.29, 0.717) is 16.1 Å². The van der Waals surface area contributed by atoms with Gasteiger partial charge in [0.25, 0.3) is 0 Å². The normalized spacial score (nSPS) is 16.2. The van der Waals surface area contributed by atoms with Gasteiger partial charge in [-0.05, 0) is 42.8 Å². The third kappa shape index (κ3) is 4.06. The fourth-order valence-electron chi connectivity index (χ4n) is 2.75. The number of carbonyl (C=O) groups excluding carboxylic acids is 1. The van der Waals surface area contributed by atoms with E-state index in [-0.39, 0.29) is 22.9 Å². The minimum Gasteiger partial charge on any atom is -0.475 e. The van der Waals surface area contributed by atoms with E-state index < -0.39 is 23.8 Å².